The smallest absolute Gasteiger partial charge is 0.283 e. The van der Waals surface area contributed by atoms with Gasteiger partial charge < -0.3 is 9.47 Å². The van der Waals surface area contributed by atoms with Crippen LogP contribution in [0.2, 0.25) is 5.02 Å². The standard InChI is InChI=1S/C19H11ClN4O3S/c20-13-4-2-1-3-11(13)18-23-24-16(21)12(17(25)22-19(24)28-18)7-10-5-6-14-15(8-10)27-9-26-14/h1-8,21H,9H2/b12-7-,21-16?. The number of fused-ring (bicyclic) bond motifs is 2. The Kier molecular flexibility index (Phi) is 3.96. The van der Waals surface area contributed by atoms with Gasteiger partial charge in [0.05, 0.1) is 10.6 Å². The lowest BCUT2D eigenvalue weighted by atomic mass is 10.1. The van der Waals surface area contributed by atoms with Gasteiger partial charge in [0.1, 0.15) is 5.04 Å². The van der Waals surface area contributed by atoms with Crippen LogP contribution in [-0.4, -0.2) is 33.8 Å². The van der Waals surface area contributed by atoms with E-state index in [1.54, 1.807) is 30.3 Å². The van der Waals surface area contributed by atoms with Gasteiger partial charge in [0, 0.05) is 5.56 Å². The van der Waals surface area contributed by atoms with Gasteiger partial charge in [-0.05, 0) is 41.6 Å². The second kappa shape index (κ2) is 6.50. The molecule has 0 bridgehead atoms. The molecule has 0 atom stereocenters. The van der Waals surface area contributed by atoms with E-state index in [1.807, 2.05) is 18.2 Å². The molecule has 3 aliphatic rings. The van der Waals surface area contributed by atoms with Gasteiger partial charge in [0.2, 0.25) is 12.0 Å². The van der Waals surface area contributed by atoms with Crippen molar-refractivity contribution in [1.82, 2.24) is 5.01 Å². The van der Waals surface area contributed by atoms with E-state index >= 15 is 0 Å². The predicted octanol–water partition coefficient (Wildman–Crippen LogP) is 3.74. The molecule has 138 valence electrons. The average Bonchev–Trinajstić information content (AvgIpc) is 3.32. The molecular weight excluding hydrogens is 400 g/mol. The molecule has 0 radical (unpaired) electrons. The number of carbonyl (C=O) groups is 1. The highest BCUT2D eigenvalue weighted by molar-refractivity contribution is 8.27. The first kappa shape index (κ1) is 17.0. The molecule has 0 unspecified atom stereocenters. The zero-order chi connectivity index (χ0) is 19.3. The van der Waals surface area contributed by atoms with Crippen molar-refractivity contribution in [1.29, 1.82) is 5.41 Å². The Balaban J connectivity index is 1.50. The van der Waals surface area contributed by atoms with Crippen LogP contribution in [0, 0.1) is 5.41 Å². The molecule has 1 N–H and O–H groups in total. The summed E-state index contributed by atoms with van der Waals surface area (Å²) in [5, 5.41) is 15.7. The number of hydrogen-bond acceptors (Lipinski definition) is 6. The summed E-state index contributed by atoms with van der Waals surface area (Å²) in [4.78, 5) is 16.6. The highest BCUT2D eigenvalue weighted by Crippen LogP contribution is 2.35. The summed E-state index contributed by atoms with van der Waals surface area (Å²) in [6, 6.07) is 12.6. The Bertz CT molecular complexity index is 1140. The van der Waals surface area contributed by atoms with Crippen LogP contribution in [0.15, 0.2) is 58.1 Å². The lowest BCUT2D eigenvalue weighted by Crippen LogP contribution is -2.35. The predicted molar refractivity (Wildman–Crippen MR) is 108 cm³/mol. The van der Waals surface area contributed by atoms with Gasteiger partial charge in [0.25, 0.3) is 5.91 Å². The van der Waals surface area contributed by atoms with Gasteiger partial charge in [-0.1, -0.05) is 35.9 Å². The Labute approximate surface area is 168 Å². The Morgan fingerprint density at radius 1 is 1.18 bits per heavy atom. The van der Waals surface area contributed by atoms with E-state index in [1.165, 1.54) is 16.8 Å². The molecule has 7 nitrogen and oxygen atoms in total. The Morgan fingerprint density at radius 3 is 2.86 bits per heavy atom. The molecular formula is C19H11ClN4O3S. The van der Waals surface area contributed by atoms with Crippen molar-refractivity contribution < 1.29 is 14.3 Å². The van der Waals surface area contributed by atoms with Gasteiger partial charge in [-0.2, -0.15) is 15.1 Å². The monoisotopic (exact) mass is 410 g/mol. The molecule has 0 aromatic heterocycles. The fraction of sp³-hybridized carbons (Fsp3) is 0.0526. The molecule has 0 fully saturated rings. The van der Waals surface area contributed by atoms with Crippen LogP contribution in [0.5, 0.6) is 11.5 Å². The van der Waals surface area contributed by atoms with Crippen LogP contribution in [0.25, 0.3) is 6.08 Å². The van der Waals surface area contributed by atoms with Gasteiger partial charge in [-0.3, -0.25) is 10.2 Å². The van der Waals surface area contributed by atoms with Crippen molar-refractivity contribution >= 4 is 51.4 Å². The number of rotatable bonds is 2. The van der Waals surface area contributed by atoms with Crippen molar-refractivity contribution in [2.75, 3.05) is 6.79 Å². The molecule has 2 aromatic carbocycles. The number of thioether (sulfide) groups is 1. The summed E-state index contributed by atoms with van der Waals surface area (Å²) in [6.45, 7) is 0.169. The van der Waals surface area contributed by atoms with Gasteiger partial charge >= 0.3 is 0 Å². The second-order valence-corrected chi connectivity index (χ2v) is 7.38. The number of carbonyl (C=O) groups excluding carboxylic acids is 1. The van der Waals surface area contributed by atoms with E-state index in [9.17, 15) is 4.79 Å². The van der Waals surface area contributed by atoms with Crippen LogP contribution < -0.4 is 9.47 Å². The minimum absolute atomic E-state index is 0.0396. The van der Waals surface area contributed by atoms with Crippen molar-refractivity contribution in [2.24, 2.45) is 10.1 Å². The molecule has 1 amide bonds. The number of ether oxygens (including phenoxy) is 2. The average molecular weight is 411 g/mol. The van der Waals surface area contributed by atoms with E-state index in [0.29, 0.717) is 32.3 Å². The molecule has 0 spiro atoms. The topological polar surface area (TPSA) is 87.3 Å². The second-order valence-electron chi connectivity index (χ2n) is 6.02. The largest absolute Gasteiger partial charge is 0.454 e. The number of halogens is 1. The first-order valence-electron chi connectivity index (χ1n) is 8.25. The quantitative estimate of drug-likeness (QED) is 0.762. The summed E-state index contributed by atoms with van der Waals surface area (Å²) < 4.78 is 10.7. The Morgan fingerprint density at radius 2 is 2.00 bits per heavy atom. The molecule has 9 heteroatoms. The zero-order valence-electron chi connectivity index (χ0n) is 14.2. The third-order valence-electron chi connectivity index (χ3n) is 4.27. The van der Waals surface area contributed by atoms with Gasteiger partial charge in [-0.25, -0.2) is 0 Å². The number of hydrazone groups is 1. The van der Waals surface area contributed by atoms with Crippen LogP contribution in [0.3, 0.4) is 0 Å². The van der Waals surface area contributed by atoms with E-state index in [0.717, 1.165) is 5.56 Å². The number of nitrogens with one attached hydrogen (secondary N) is 1. The molecule has 28 heavy (non-hydrogen) atoms. The van der Waals surface area contributed by atoms with Crippen molar-refractivity contribution in [3.8, 4) is 11.5 Å². The fourth-order valence-electron chi connectivity index (χ4n) is 2.91. The van der Waals surface area contributed by atoms with E-state index in [2.05, 4.69) is 10.1 Å². The van der Waals surface area contributed by atoms with E-state index in [-0.39, 0.29) is 18.2 Å². The lowest BCUT2D eigenvalue weighted by Gasteiger charge is -2.20. The third kappa shape index (κ3) is 2.78. The lowest BCUT2D eigenvalue weighted by molar-refractivity contribution is -0.114. The number of nitrogens with zero attached hydrogens (tertiary/aromatic N) is 3. The maximum absolute atomic E-state index is 12.5. The molecule has 3 aliphatic heterocycles. The van der Waals surface area contributed by atoms with Crippen molar-refractivity contribution in [3.63, 3.8) is 0 Å². The summed E-state index contributed by atoms with van der Waals surface area (Å²) in [5.74, 6) is 0.723. The molecule has 5 rings (SSSR count). The van der Waals surface area contributed by atoms with Crippen LogP contribution >= 0.6 is 23.4 Å². The van der Waals surface area contributed by atoms with Crippen molar-refractivity contribution in [3.05, 3.63) is 64.2 Å². The molecule has 2 aromatic rings. The summed E-state index contributed by atoms with van der Waals surface area (Å²) in [5.41, 5.74) is 1.58. The summed E-state index contributed by atoms with van der Waals surface area (Å²) in [7, 11) is 0. The third-order valence-corrected chi connectivity index (χ3v) is 5.54. The minimum Gasteiger partial charge on any atom is -0.454 e. The Hall–Kier alpha value is -3.10. The molecule has 0 saturated heterocycles. The highest BCUT2D eigenvalue weighted by atomic mass is 35.5. The normalized spacial score (nSPS) is 19.0. The minimum atomic E-state index is -0.489. The van der Waals surface area contributed by atoms with E-state index in [4.69, 9.17) is 26.5 Å². The van der Waals surface area contributed by atoms with Gasteiger partial charge in [0.15, 0.2) is 17.3 Å². The van der Waals surface area contributed by atoms with Crippen LogP contribution in [-0.2, 0) is 4.79 Å². The summed E-state index contributed by atoms with van der Waals surface area (Å²) in [6.07, 6.45) is 1.60. The number of aliphatic imine (C=N–C) groups is 1. The fourth-order valence-corrected chi connectivity index (χ4v) is 4.12. The maximum Gasteiger partial charge on any atom is 0.283 e. The SMILES string of the molecule is N=C1/C(=C/c2ccc3c(c2)OCO3)C(=O)N=C2SC(c3ccccc3Cl)=NN12. The molecule has 3 heterocycles. The number of benzene rings is 2. The van der Waals surface area contributed by atoms with Crippen molar-refractivity contribution in [2.45, 2.75) is 0 Å². The first-order chi connectivity index (χ1) is 13.6. The molecule has 0 aliphatic carbocycles. The van der Waals surface area contributed by atoms with Gasteiger partial charge in [-0.15, -0.1) is 0 Å². The first-order valence-corrected chi connectivity index (χ1v) is 9.44. The number of hydrogen-bond donors (Lipinski definition) is 1. The zero-order valence-corrected chi connectivity index (χ0v) is 15.8. The number of amides is 1. The van der Waals surface area contributed by atoms with Crippen LogP contribution in [0.1, 0.15) is 11.1 Å². The maximum atomic E-state index is 12.5. The summed E-state index contributed by atoms with van der Waals surface area (Å²) >= 11 is 7.45. The van der Waals surface area contributed by atoms with Crippen LogP contribution in [0.4, 0.5) is 0 Å². The highest BCUT2D eigenvalue weighted by Gasteiger charge is 2.36. The number of amidine groups is 2. The van der Waals surface area contributed by atoms with E-state index < -0.39 is 5.91 Å². The molecule has 0 saturated carbocycles.